The fraction of sp³-hybridized carbons (Fsp3) is 1.00. The molecule has 2 bridgehead atoms. The molecule has 4 atom stereocenters. The van der Waals surface area contributed by atoms with E-state index in [1.54, 1.807) is 0 Å². The predicted octanol–water partition coefficient (Wildman–Crippen LogP) is 2.18. The first-order valence-corrected chi connectivity index (χ1v) is 8.29. The number of hydrogen-bond donors (Lipinski definition) is 1. The third kappa shape index (κ3) is 1.97. The minimum absolute atomic E-state index is 0.147. The van der Waals surface area contributed by atoms with Gasteiger partial charge in [0.25, 0.3) is 0 Å². The summed E-state index contributed by atoms with van der Waals surface area (Å²) >= 11 is 0. The lowest BCUT2D eigenvalue weighted by Gasteiger charge is -2.49. The quantitative estimate of drug-likeness (QED) is 0.789. The molecule has 0 aromatic rings. The van der Waals surface area contributed by atoms with E-state index in [-0.39, 0.29) is 11.2 Å². The summed E-state index contributed by atoms with van der Waals surface area (Å²) in [4.78, 5) is 2.53. The molecule has 3 heterocycles. The molecule has 1 N–H and O–H groups in total. The van der Waals surface area contributed by atoms with Crippen molar-refractivity contribution in [3.05, 3.63) is 0 Å². The van der Waals surface area contributed by atoms with E-state index in [4.69, 9.17) is 4.74 Å². The third-order valence-electron chi connectivity index (χ3n) is 6.52. The molecule has 1 spiro atoms. The SMILES string of the molecule is OC1(C2CCOC3(CCCC3)C2)CCN2CCC1C2. The molecule has 1 saturated carbocycles. The van der Waals surface area contributed by atoms with E-state index in [0.717, 1.165) is 39.0 Å². The van der Waals surface area contributed by atoms with E-state index >= 15 is 0 Å². The van der Waals surface area contributed by atoms with Crippen LogP contribution in [-0.4, -0.2) is 47.4 Å². The largest absolute Gasteiger partial charge is 0.389 e. The fourth-order valence-electron chi connectivity index (χ4n) is 5.34. The second-order valence-corrected chi connectivity index (χ2v) is 7.46. The predicted molar refractivity (Wildman–Crippen MR) is 74.0 cm³/mol. The average Bonchev–Trinajstić information content (AvgIpc) is 3.03. The number of aliphatic hydroxyl groups is 1. The first-order chi connectivity index (χ1) is 9.20. The molecular formula is C16H27NO2. The van der Waals surface area contributed by atoms with Gasteiger partial charge in [-0.3, -0.25) is 0 Å². The Morgan fingerprint density at radius 3 is 2.68 bits per heavy atom. The Morgan fingerprint density at radius 1 is 1.00 bits per heavy atom. The summed E-state index contributed by atoms with van der Waals surface area (Å²) in [7, 11) is 0. The Kier molecular flexibility index (Phi) is 2.95. The normalized spacial score (nSPS) is 48.8. The smallest absolute Gasteiger partial charge is 0.0730 e. The number of fused-ring (bicyclic) bond motifs is 2. The molecule has 3 heteroatoms. The number of rotatable bonds is 1. The molecule has 4 rings (SSSR count). The first kappa shape index (κ1) is 12.6. The summed E-state index contributed by atoms with van der Waals surface area (Å²) in [6.45, 7) is 4.34. The lowest BCUT2D eigenvalue weighted by Crippen LogP contribution is -2.55. The second kappa shape index (κ2) is 4.44. The van der Waals surface area contributed by atoms with Crippen LogP contribution in [0.2, 0.25) is 0 Å². The van der Waals surface area contributed by atoms with E-state index in [0.29, 0.717) is 11.8 Å². The van der Waals surface area contributed by atoms with Crippen molar-refractivity contribution in [3.63, 3.8) is 0 Å². The van der Waals surface area contributed by atoms with Crippen LogP contribution in [0.3, 0.4) is 0 Å². The van der Waals surface area contributed by atoms with Gasteiger partial charge in [0.1, 0.15) is 0 Å². The highest BCUT2D eigenvalue weighted by Crippen LogP contribution is 2.50. The number of piperidine rings is 1. The molecule has 3 saturated heterocycles. The van der Waals surface area contributed by atoms with Crippen LogP contribution >= 0.6 is 0 Å². The minimum Gasteiger partial charge on any atom is -0.389 e. The molecule has 4 aliphatic rings. The molecule has 4 fully saturated rings. The van der Waals surface area contributed by atoms with Gasteiger partial charge in [-0.15, -0.1) is 0 Å². The Labute approximate surface area is 116 Å². The van der Waals surface area contributed by atoms with Gasteiger partial charge in [0.2, 0.25) is 0 Å². The molecule has 3 nitrogen and oxygen atoms in total. The summed E-state index contributed by atoms with van der Waals surface area (Å²) < 4.78 is 6.15. The first-order valence-electron chi connectivity index (χ1n) is 8.29. The van der Waals surface area contributed by atoms with E-state index in [9.17, 15) is 5.11 Å². The molecule has 0 radical (unpaired) electrons. The Morgan fingerprint density at radius 2 is 1.84 bits per heavy atom. The number of ether oxygens (including phenoxy) is 1. The van der Waals surface area contributed by atoms with E-state index in [2.05, 4.69) is 4.90 Å². The van der Waals surface area contributed by atoms with E-state index in [1.807, 2.05) is 0 Å². The lowest BCUT2D eigenvalue weighted by atomic mass is 9.67. The van der Waals surface area contributed by atoms with Crippen molar-refractivity contribution in [1.29, 1.82) is 0 Å². The highest BCUT2D eigenvalue weighted by atomic mass is 16.5. The average molecular weight is 265 g/mol. The van der Waals surface area contributed by atoms with Crippen LogP contribution in [-0.2, 0) is 4.74 Å². The van der Waals surface area contributed by atoms with Crippen LogP contribution < -0.4 is 0 Å². The van der Waals surface area contributed by atoms with Crippen molar-refractivity contribution in [2.24, 2.45) is 11.8 Å². The summed E-state index contributed by atoms with van der Waals surface area (Å²) in [5, 5.41) is 11.3. The van der Waals surface area contributed by atoms with Crippen LogP contribution in [0.4, 0.5) is 0 Å². The van der Waals surface area contributed by atoms with Gasteiger partial charge >= 0.3 is 0 Å². The van der Waals surface area contributed by atoms with Crippen LogP contribution in [0, 0.1) is 11.8 Å². The molecule has 3 aliphatic heterocycles. The molecule has 0 aromatic carbocycles. The Balaban J connectivity index is 1.54. The van der Waals surface area contributed by atoms with Gasteiger partial charge < -0.3 is 14.7 Å². The Bertz CT molecular complexity index is 353. The van der Waals surface area contributed by atoms with E-state index in [1.165, 1.54) is 38.6 Å². The van der Waals surface area contributed by atoms with Crippen molar-refractivity contribution in [2.75, 3.05) is 26.2 Å². The topological polar surface area (TPSA) is 32.7 Å². The minimum atomic E-state index is -0.383. The maximum Gasteiger partial charge on any atom is 0.0730 e. The van der Waals surface area contributed by atoms with Gasteiger partial charge in [-0.25, -0.2) is 0 Å². The third-order valence-corrected chi connectivity index (χ3v) is 6.52. The summed E-state index contributed by atoms with van der Waals surface area (Å²) in [5.74, 6) is 1.02. The Hall–Kier alpha value is -0.120. The van der Waals surface area contributed by atoms with Crippen LogP contribution in [0.1, 0.15) is 51.4 Å². The summed E-state index contributed by atoms with van der Waals surface area (Å²) in [5.41, 5.74) is -0.235. The number of nitrogens with zero attached hydrogens (tertiary/aromatic N) is 1. The van der Waals surface area contributed by atoms with Gasteiger partial charge in [0.05, 0.1) is 11.2 Å². The molecule has 4 unspecified atom stereocenters. The zero-order chi connectivity index (χ0) is 12.9. The highest BCUT2D eigenvalue weighted by molar-refractivity contribution is 5.05. The van der Waals surface area contributed by atoms with Crippen LogP contribution in [0.5, 0.6) is 0 Å². The van der Waals surface area contributed by atoms with Gasteiger partial charge in [-0.2, -0.15) is 0 Å². The number of hydrogen-bond acceptors (Lipinski definition) is 3. The van der Waals surface area contributed by atoms with Gasteiger partial charge in [0.15, 0.2) is 0 Å². The molecule has 19 heavy (non-hydrogen) atoms. The van der Waals surface area contributed by atoms with Crippen molar-refractivity contribution in [2.45, 2.75) is 62.6 Å². The van der Waals surface area contributed by atoms with Crippen molar-refractivity contribution in [1.82, 2.24) is 4.90 Å². The summed E-state index contributed by atoms with van der Waals surface area (Å²) in [6.07, 6.45) is 9.52. The zero-order valence-corrected chi connectivity index (χ0v) is 11.9. The van der Waals surface area contributed by atoms with E-state index < -0.39 is 0 Å². The van der Waals surface area contributed by atoms with Gasteiger partial charge in [-0.1, -0.05) is 12.8 Å². The molecule has 1 aliphatic carbocycles. The van der Waals surface area contributed by atoms with Gasteiger partial charge in [-0.05, 0) is 51.0 Å². The maximum absolute atomic E-state index is 11.3. The monoisotopic (exact) mass is 265 g/mol. The molecule has 0 amide bonds. The molecule has 0 aromatic heterocycles. The fourth-order valence-corrected chi connectivity index (χ4v) is 5.34. The van der Waals surface area contributed by atoms with Crippen molar-refractivity contribution >= 4 is 0 Å². The maximum atomic E-state index is 11.3. The highest BCUT2D eigenvalue weighted by Gasteiger charge is 2.53. The zero-order valence-electron chi connectivity index (χ0n) is 11.9. The second-order valence-electron chi connectivity index (χ2n) is 7.46. The van der Waals surface area contributed by atoms with Crippen molar-refractivity contribution < 1.29 is 9.84 Å². The molecular weight excluding hydrogens is 238 g/mol. The van der Waals surface area contributed by atoms with Gasteiger partial charge in [0, 0.05) is 25.6 Å². The van der Waals surface area contributed by atoms with Crippen LogP contribution in [0.15, 0.2) is 0 Å². The van der Waals surface area contributed by atoms with Crippen molar-refractivity contribution in [3.8, 4) is 0 Å². The molecule has 108 valence electrons. The lowest BCUT2D eigenvalue weighted by molar-refractivity contribution is -0.165. The van der Waals surface area contributed by atoms with Crippen LogP contribution in [0.25, 0.3) is 0 Å². The summed E-state index contributed by atoms with van der Waals surface area (Å²) in [6, 6.07) is 0. The standard InChI is InChI=1S/C16H27NO2/c18-16(7-9-17-8-3-14(16)12-17)13-4-10-19-15(11-13)5-1-2-6-15/h13-14,18H,1-12H2.